The molecule has 0 aliphatic heterocycles. The largest absolute Gasteiger partial charge is 0.378 e. The van der Waals surface area contributed by atoms with Gasteiger partial charge < -0.3 is 10.2 Å². The second kappa shape index (κ2) is 8.43. The Morgan fingerprint density at radius 3 is 2.48 bits per heavy atom. The molecule has 0 bridgehead atoms. The van der Waals surface area contributed by atoms with E-state index in [0.717, 1.165) is 12.5 Å². The predicted octanol–water partition coefficient (Wildman–Crippen LogP) is 4.76. The summed E-state index contributed by atoms with van der Waals surface area (Å²) in [5.74, 6) is 0.802. The molecule has 0 radical (unpaired) electrons. The second-order valence-electron chi connectivity index (χ2n) is 6.67. The minimum Gasteiger partial charge on any atom is -0.378 e. The van der Waals surface area contributed by atoms with Crippen molar-refractivity contribution in [1.82, 2.24) is 5.32 Å². The van der Waals surface area contributed by atoms with Gasteiger partial charge in [0.2, 0.25) is 0 Å². The Bertz CT molecular complexity index is 406. The zero-order valence-electron chi connectivity index (χ0n) is 14.1. The molecule has 2 heteroatoms. The van der Waals surface area contributed by atoms with E-state index in [1.54, 1.807) is 0 Å². The summed E-state index contributed by atoms with van der Waals surface area (Å²) < 4.78 is 0. The van der Waals surface area contributed by atoms with Crippen LogP contribution in [0.2, 0.25) is 0 Å². The van der Waals surface area contributed by atoms with Crippen molar-refractivity contribution in [1.29, 1.82) is 0 Å². The van der Waals surface area contributed by atoms with Crippen molar-refractivity contribution in [3.8, 4) is 0 Å². The number of hydrogen-bond donors (Lipinski definition) is 1. The molecular weight excluding hydrogens is 256 g/mol. The van der Waals surface area contributed by atoms with Gasteiger partial charge in [0.25, 0.3) is 0 Å². The summed E-state index contributed by atoms with van der Waals surface area (Å²) in [6.45, 7) is 3.38. The van der Waals surface area contributed by atoms with E-state index >= 15 is 0 Å². The molecule has 0 saturated heterocycles. The first-order valence-electron chi connectivity index (χ1n) is 8.73. The predicted molar refractivity (Wildman–Crippen MR) is 93.0 cm³/mol. The number of rotatable bonds is 6. The first-order valence-corrected chi connectivity index (χ1v) is 8.73. The van der Waals surface area contributed by atoms with Gasteiger partial charge in [0.05, 0.1) is 0 Å². The van der Waals surface area contributed by atoms with Crippen molar-refractivity contribution in [2.45, 2.75) is 57.9 Å². The number of nitrogens with one attached hydrogen (secondary N) is 1. The van der Waals surface area contributed by atoms with Gasteiger partial charge in [0, 0.05) is 25.8 Å². The first-order chi connectivity index (χ1) is 10.2. The fraction of sp³-hybridized carbons (Fsp3) is 0.684. The summed E-state index contributed by atoms with van der Waals surface area (Å²) in [6, 6.07) is 9.63. The van der Waals surface area contributed by atoms with E-state index in [2.05, 4.69) is 55.5 Å². The molecule has 1 unspecified atom stereocenters. The summed E-state index contributed by atoms with van der Waals surface area (Å²) >= 11 is 0. The molecule has 1 saturated carbocycles. The lowest BCUT2D eigenvalue weighted by Gasteiger charge is -2.29. The first kappa shape index (κ1) is 16.4. The van der Waals surface area contributed by atoms with Gasteiger partial charge in [-0.2, -0.15) is 0 Å². The maximum absolute atomic E-state index is 3.83. The van der Waals surface area contributed by atoms with Crippen molar-refractivity contribution >= 4 is 5.69 Å². The topological polar surface area (TPSA) is 15.3 Å². The SMILES string of the molecule is CCCNC(c1cccc(N(C)C)c1)C1CCCCCC1. The van der Waals surface area contributed by atoms with E-state index < -0.39 is 0 Å². The Morgan fingerprint density at radius 1 is 1.14 bits per heavy atom. The lowest BCUT2D eigenvalue weighted by molar-refractivity contribution is 0.326. The van der Waals surface area contributed by atoms with Crippen LogP contribution in [-0.2, 0) is 0 Å². The van der Waals surface area contributed by atoms with Crippen molar-refractivity contribution < 1.29 is 0 Å². The molecule has 2 nitrogen and oxygen atoms in total. The fourth-order valence-corrected chi connectivity index (χ4v) is 3.50. The summed E-state index contributed by atoms with van der Waals surface area (Å²) in [5, 5.41) is 3.83. The smallest absolute Gasteiger partial charge is 0.0364 e. The Balaban J connectivity index is 2.19. The quantitative estimate of drug-likeness (QED) is 0.759. The molecule has 1 aromatic carbocycles. The third-order valence-electron chi connectivity index (χ3n) is 4.73. The highest BCUT2D eigenvalue weighted by atomic mass is 15.1. The van der Waals surface area contributed by atoms with Crippen molar-refractivity contribution in [3.05, 3.63) is 29.8 Å². The monoisotopic (exact) mass is 288 g/mol. The van der Waals surface area contributed by atoms with Crippen molar-refractivity contribution in [2.75, 3.05) is 25.5 Å². The van der Waals surface area contributed by atoms with Gasteiger partial charge in [-0.3, -0.25) is 0 Å². The van der Waals surface area contributed by atoms with E-state index in [-0.39, 0.29) is 0 Å². The third-order valence-corrected chi connectivity index (χ3v) is 4.73. The average Bonchev–Trinajstić information content (AvgIpc) is 2.77. The van der Waals surface area contributed by atoms with Crippen LogP contribution in [0.15, 0.2) is 24.3 Å². The van der Waals surface area contributed by atoms with Crippen LogP contribution in [-0.4, -0.2) is 20.6 Å². The second-order valence-corrected chi connectivity index (χ2v) is 6.67. The lowest BCUT2D eigenvalue weighted by Crippen LogP contribution is -2.29. The maximum Gasteiger partial charge on any atom is 0.0364 e. The molecule has 1 fully saturated rings. The molecular formula is C19H32N2. The van der Waals surface area contributed by atoms with Crippen molar-refractivity contribution in [3.63, 3.8) is 0 Å². The van der Waals surface area contributed by atoms with Crippen LogP contribution in [0.1, 0.15) is 63.5 Å². The van der Waals surface area contributed by atoms with Crippen LogP contribution < -0.4 is 10.2 Å². The Morgan fingerprint density at radius 2 is 1.86 bits per heavy atom. The van der Waals surface area contributed by atoms with E-state index in [0.29, 0.717) is 6.04 Å². The van der Waals surface area contributed by atoms with Gasteiger partial charge in [-0.1, -0.05) is 44.7 Å². The third kappa shape index (κ3) is 4.74. The van der Waals surface area contributed by atoms with Crippen LogP contribution in [0.25, 0.3) is 0 Å². The standard InChI is InChI=1S/C19H32N2/c1-4-14-20-19(16-10-7-5-6-8-11-16)17-12-9-13-18(15-17)21(2)3/h9,12-13,15-16,19-20H,4-8,10-11,14H2,1-3H3. The molecule has 2 rings (SSSR count). The highest BCUT2D eigenvalue weighted by Crippen LogP contribution is 2.34. The Labute approximate surface area is 130 Å². The summed E-state index contributed by atoms with van der Waals surface area (Å²) in [5.41, 5.74) is 2.78. The van der Waals surface area contributed by atoms with Crippen LogP contribution in [0, 0.1) is 5.92 Å². The molecule has 21 heavy (non-hydrogen) atoms. The summed E-state index contributed by atoms with van der Waals surface area (Å²) in [7, 11) is 4.25. The maximum atomic E-state index is 3.83. The van der Waals surface area contributed by atoms with E-state index in [1.807, 2.05) is 0 Å². The minimum atomic E-state index is 0.531. The number of hydrogen-bond acceptors (Lipinski definition) is 2. The zero-order valence-corrected chi connectivity index (χ0v) is 14.1. The molecule has 1 aromatic rings. The number of benzene rings is 1. The molecule has 0 heterocycles. The lowest BCUT2D eigenvalue weighted by atomic mass is 9.87. The normalized spacial score (nSPS) is 18.2. The molecule has 1 atom stereocenters. The highest BCUT2D eigenvalue weighted by molar-refractivity contribution is 5.48. The number of anilines is 1. The summed E-state index contributed by atoms with van der Waals surface area (Å²) in [6.07, 6.45) is 9.63. The zero-order chi connectivity index (χ0) is 15.1. The number of nitrogens with zero attached hydrogens (tertiary/aromatic N) is 1. The van der Waals surface area contributed by atoms with Gasteiger partial charge >= 0.3 is 0 Å². The molecule has 1 aliphatic rings. The van der Waals surface area contributed by atoms with E-state index in [1.165, 1.54) is 56.2 Å². The van der Waals surface area contributed by atoms with Crippen LogP contribution in [0.3, 0.4) is 0 Å². The molecule has 0 amide bonds. The summed E-state index contributed by atoms with van der Waals surface area (Å²) in [4.78, 5) is 2.20. The molecule has 0 aromatic heterocycles. The molecule has 0 spiro atoms. The van der Waals surface area contributed by atoms with E-state index in [4.69, 9.17) is 0 Å². The molecule has 118 valence electrons. The van der Waals surface area contributed by atoms with E-state index in [9.17, 15) is 0 Å². The van der Waals surface area contributed by atoms with Gasteiger partial charge in [-0.25, -0.2) is 0 Å². The van der Waals surface area contributed by atoms with Gasteiger partial charge in [-0.05, 0) is 49.4 Å². The minimum absolute atomic E-state index is 0.531. The Hall–Kier alpha value is -1.02. The average molecular weight is 288 g/mol. The van der Waals surface area contributed by atoms with Crippen LogP contribution in [0.4, 0.5) is 5.69 Å². The van der Waals surface area contributed by atoms with Gasteiger partial charge in [-0.15, -0.1) is 0 Å². The fourth-order valence-electron chi connectivity index (χ4n) is 3.50. The molecule has 1 aliphatic carbocycles. The Kier molecular flexibility index (Phi) is 6.56. The molecule has 1 N–H and O–H groups in total. The van der Waals surface area contributed by atoms with Crippen molar-refractivity contribution in [2.24, 2.45) is 5.92 Å². The highest BCUT2D eigenvalue weighted by Gasteiger charge is 2.23. The van der Waals surface area contributed by atoms with Gasteiger partial charge in [0.1, 0.15) is 0 Å². The van der Waals surface area contributed by atoms with Crippen LogP contribution >= 0.6 is 0 Å². The van der Waals surface area contributed by atoms with Crippen LogP contribution in [0.5, 0.6) is 0 Å². The van der Waals surface area contributed by atoms with Gasteiger partial charge in [0.15, 0.2) is 0 Å².